The topological polar surface area (TPSA) is 24.5 Å². The van der Waals surface area contributed by atoms with Crippen LogP contribution in [0.2, 0.25) is 0 Å². The quantitative estimate of drug-likeness (QED) is 0.622. The number of nitrogens with one attached hydrogen (secondary N) is 1. The number of ether oxygens (including phenoxy) is 1. The molecule has 0 atom stereocenters. The Labute approximate surface area is 118 Å². The van der Waals surface area contributed by atoms with Gasteiger partial charge in [0, 0.05) is 32.8 Å². The average molecular weight is 264 g/mol. The zero-order valence-corrected chi connectivity index (χ0v) is 12.4. The first-order valence-corrected chi connectivity index (χ1v) is 7.34. The second-order valence-electron chi connectivity index (χ2n) is 4.94. The van der Waals surface area contributed by atoms with Crippen LogP contribution >= 0.6 is 0 Å². The predicted octanol–water partition coefficient (Wildman–Crippen LogP) is 2.52. The van der Waals surface area contributed by atoms with Crippen LogP contribution in [0, 0.1) is 0 Å². The highest BCUT2D eigenvalue weighted by molar-refractivity contribution is 5.14. The Morgan fingerprint density at radius 3 is 2.63 bits per heavy atom. The highest BCUT2D eigenvalue weighted by atomic mass is 16.5. The van der Waals surface area contributed by atoms with E-state index < -0.39 is 0 Å². The molecule has 0 aliphatic rings. The highest BCUT2D eigenvalue weighted by Crippen LogP contribution is 2.01. The summed E-state index contributed by atoms with van der Waals surface area (Å²) in [4.78, 5) is 2.33. The first-order chi connectivity index (χ1) is 9.33. The van der Waals surface area contributed by atoms with Crippen LogP contribution in [0.4, 0.5) is 0 Å². The van der Waals surface area contributed by atoms with Crippen LogP contribution in [0.1, 0.15) is 25.3 Å². The van der Waals surface area contributed by atoms with Crippen molar-refractivity contribution < 1.29 is 4.74 Å². The molecule has 1 aromatic rings. The van der Waals surface area contributed by atoms with Crippen molar-refractivity contribution >= 4 is 0 Å². The molecular formula is C16H28N2O. The Morgan fingerprint density at radius 2 is 1.89 bits per heavy atom. The number of unbranched alkanes of at least 4 members (excludes halogenated alkanes) is 1. The molecule has 19 heavy (non-hydrogen) atoms. The minimum Gasteiger partial charge on any atom is -0.380 e. The van der Waals surface area contributed by atoms with Crippen LogP contribution in [0.25, 0.3) is 0 Å². The van der Waals surface area contributed by atoms with Gasteiger partial charge in [-0.25, -0.2) is 0 Å². The number of likely N-dealkylation sites (N-methyl/N-ethyl adjacent to an activating group) is 1. The zero-order valence-electron chi connectivity index (χ0n) is 12.4. The van der Waals surface area contributed by atoms with Gasteiger partial charge in [0.05, 0.1) is 6.61 Å². The van der Waals surface area contributed by atoms with Crippen LogP contribution < -0.4 is 5.32 Å². The monoisotopic (exact) mass is 264 g/mol. The summed E-state index contributed by atoms with van der Waals surface area (Å²) >= 11 is 0. The maximum Gasteiger partial charge on any atom is 0.0590 e. The molecule has 0 fully saturated rings. The van der Waals surface area contributed by atoms with E-state index in [1.807, 2.05) is 0 Å². The van der Waals surface area contributed by atoms with Gasteiger partial charge in [0.2, 0.25) is 0 Å². The minimum atomic E-state index is 0.822. The molecule has 3 heteroatoms. The number of benzene rings is 1. The summed E-state index contributed by atoms with van der Waals surface area (Å²) in [5.41, 5.74) is 1.37. The Bertz CT molecular complexity index is 303. The Morgan fingerprint density at radius 1 is 1.11 bits per heavy atom. The smallest absolute Gasteiger partial charge is 0.0590 e. The number of rotatable bonds is 11. The summed E-state index contributed by atoms with van der Waals surface area (Å²) in [5, 5.41) is 3.41. The molecule has 1 aromatic carbocycles. The van der Waals surface area contributed by atoms with Gasteiger partial charge in [0.1, 0.15) is 0 Å². The Kier molecular flexibility index (Phi) is 9.33. The molecule has 0 spiro atoms. The summed E-state index contributed by atoms with van der Waals surface area (Å²) in [5.74, 6) is 0. The van der Waals surface area contributed by atoms with Gasteiger partial charge < -0.3 is 15.0 Å². The van der Waals surface area contributed by atoms with Gasteiger partial charge in [0.25, 0.3) is 0 Å². The van der Waals surface area contributed by atoms with E-state index in [0.29, 0.717) is 0 Å². The van der Waals surface area contributed by atoms with Crippen LogP contribution in [0.15, 0.2) is 30.3 Å². The van der Waals surface area contributed by atoms with Gasteiger partial charge in [-0.1, -0.05) is 43.7 Å². The summed E-state index contributed by atoms with van der Waals surface area (Å²) < 4.78 is 5.50. The summed E-state index contributed by atoms with van der Waals surface area (Å²) in [6, 6.07) is 10.6. The molecule has 0 saturated carbocycles. The average Bonchev–Trinajstić information content (AvgIpc) is 2.43. The molecule has 0 bridgehead atoms. The fourth-order valence-corrected chi connectivity index (χ4v) is 1.86. The van der Waals surface area contributed by atoms with Crippen molar-refractivity contribution in [2.45, 2.75) is 26.3 Å². The lowest BCUT2D eigenvalue weighted by Gasteiger charge is -2.17. The lowest BCUT2D eigenvalue weighted by Crippen LogP contribution is -2.30. The van der Waals surface area contributed by atoms with Gasteiger partial charge in [-0.05, 0) is 19.0 Å². The molecule has 1 rings (SSSR count). The second kappa shape index (κ2) is 11.0. The summed E-state index contributed by atoms with van der Waals surface area (Å²) in [7, 11) is 2.16. The van der Waals surface area contributed by atoms with E-state index in [1.54, 1.807) is 0 Å². The molecule has 0 saturated heterocycles. The van der Waals surface area contributed by atoms with Crippen LogP contribution in [0.5, 0.6) is 0 Å². The maximum atomic E-state index is 5.50. The lowest BCUT2D eigenvalue weighted by molar-refractivity contribution is 0.132. The fraction of sp³-hybridized carbons (Fsp3) is 0.625. The third kappa shape index (κ3) is 8.76. The lowest BCUT2D eigenvalue weighted by atomic mass is 10.2. The largest absolute Gasteiger partial charge is 0.380 e. The van der Waals surface area contributed by atoms with E-state index in [1.165, 1.54) is 18.4 Å². The second-order valence-corrected chi connectivity index (χ2v) is 4.94. The maximum absolute atomic E-state index is 5.50. The molecule has 0 aliphatic heterocycles. The van der Waals surface area contributed by atoms with Crippen molar-refractivity contribution in [3.8, 4) is 0 Å². The van der Waals surface area contributed by atoms with E-state index in [9.17, 15) is 0 Å². The van der Waals surface area contributed by atoms with Crippen molar-refractivity contribution in [3.05, 3.63) is 35.9 Å². The predicted molar refractivity (Wildman–Crippen MR) is 81.4 cm³/mol. The fourth-order valence-electron chi connectivity index (χ4n) is 1.86. The van der Waals surface area contributed by atoms with Crippen molar-refractivity contribution in [2.75, 3.05) is 39.9 Å². The summed E-state index contributed by atoms with van der Waals surface area (Å²) in [6.07, 6.45) is 2.37. The van der Waals surface area contributed by atoms with Gasteiger partial charge in [-0.3, -0.25) is 0 Å². The third-order valence-corrected chi connectivity index (χ3v) is 3.03. The van der Waals surface area contributed by atoms with Gasteiger partial charge in [-0.2, -0.15) is 0 Å². The van der Waals surface area contributed by atoms with Crippen molar-refractivity contribution in [1.82, 2.24) is 10.2 Å². The van der Waals surface area contributed by atoms with E-state index >= 15 is 0 Å². The molecule has 1 N–H and O–H groups in total. The van der Waals surface area contributed by atoms with E-state index in [4.69, 9.17) is 4.74 Å². The standard InChI is InChI=1S/C16H28N2O/c1-3-4-13-19-14-11-17-10-12-18(2)15-16-8-6-5-7-9-16/h5-9,17H,3-4,10-15H2,1-2H3. The molecule has 0 aliphatic carbocycles. The summed E-state index contributed by atoms with van der Waals surface area (Å²) in [6.45, 7) is 7.93. The van der Waals surface area contributed by atoms with Crippen molar-refractivity contribution in [3.63, 3.8) is 0 Å². The number of nitrogens with zero attached hydrogens (tertiary/aromatic N) is 1. The van der Waals surface area contributed by atoms with Gasteiger partial charge >= 0.3 is 0 Å². The van der Waals surface area contributed by atoms with Crippen molar-refractivity contribution in [2.24, 2.45) is 0 Å². The normalized spacial score (nSPS) is 11.1. The van der Waals surface area contributed by atoms with Gasteiger partial charge in [0.15, 0.2) is 0 Å². The van der Waals surface area contributed by atoms with Crippen LogP contribution in [-0.2, 0) is 11.3 Å². The molecule has 0 amide bonds. The zero-order chi connectivity index (χ0) is 13.8. The van der Waals surface area contributed by atoms with Crippen molar-refractivity contribution in [1.29, 1.82) is 0 Å². The Balaban J connectivity index is 1.94. The third-order valence-electron chi connectivity index (χ3n) is 3.03. The molecule has 0 heterocycles. The highest BCUT2D eigenvalue weighted by Gasteiger charge is 1.99. The molecule has 108 valence electrons. The molecule has 0 aromatic heterocycles. The van der Waals surface area contributed by atoms with E-state index in [-0.39, 0.29) is 0 Å². The SMILES string of the molecule is CCCCOCCNCCN(C)Cc1ccccc1. The first kappa shape index (κ1) is 16.2. The first-order valence-electron chi connectivity index (χ1n) is 7.34. The van der Waals surface area contributed by atoms with Gasteiger partial charge in [-0.15, -0.1) is 0 Å². The van der Waals surface area contributed by atoms with E-state index in [2.05, 4.69) is 54.5 Å². The van der Waals surface area contributed by atoms with Crippen LogP contribution in [-0.4, -0.2) is 44.8 Å². The molecule has 0 radical (unpaired) electrons. The molecular weight excluding hydrogens is 236 g/mol. The minimum absolute atomic E-state index is 0.822. The van der Waals surface area contributed by atoms with Crippen LogP contribution in [0.3, 0.4) is 0 Å². The van der Waals surface area contributed by atoms with E-state index in [0.717, 1.165) is 39.4 Å². The molecule has 3 nitrogen and oxygen atoms in total. The molecule has 0 unspecified atom stereocenters. The Hall–Kier alpha value is -0.900. The number of hydrogen-bond acceptors (Lipinski definition) is 3. The number of hydrogen-bond donors (Lipinski definition) is 1.